The molecule has 1 aromatic heterocycles. The van der Waals surface area contributed by atoms with Gasteiger partial charge in [-0.05, 0) is 22.4 Å². The molecule has 0 radical (unpaired) electrons. The van der Waals surface area contributed by atoms with Crippen molar-refractivity contribution < 1.29 is 4.79 Å². The van der Waals surface area contributed by atoms with Crippen molar-refractivity contribution in [2.75, 3.05) is 0 Å². The van der Waals surface area contributed by atoms with Crippen molar-refractivity contribution >= 4 is 16.6 Å². The molecular weight excluding hydrogens is 222 g/mol. The zero-order chi connectivity index (χ0) is 12.4. The Morgan fingerprint density at radius 3 is 2.61 bits per heavy atom. The van der Waals surface area contributed by atoms with Crippen molar-refractivity contribution in [2.45, 2.75) is 6.42 Å². The van der Waals surface area contributed by atoms with E-state index < -0.39 is 0 Å². The summed E-state index contributed by atoms with van der Waals surface area (Å²) >= 11 is 0. The van der Waals surface area contributed by atoms with Crippen molar-refractivity contribution in [1.82, 2.24) is 4.98 Å². The van der Waals surface area contributed by atoms with Gasteiger partial charge in [0.2, 0.25) is 0 Å². The number of H-pyrrole nitrogens is 1. The molecule has 0 aliphatic carbocycles. The topological polar surface area (TPSA) is 32.9 Å². The third kappa shape index (κ3) is 2.05. The maximum absolute atomic E-state index is 12.0. The average Bonchev–Trinajstić information content (AvgIpc) is 2.92. The van der Waals surface area contributed by atoms with Crippen LogP contribution >= 0.6 is 0 Å². The summed E-state index contributed by atoms with van der Waals surface area (Å²) in [6.45, 7) is 0. The van der Waals surface area contributed by atoms with Crippen LogP contribution in [0.25, 0.3) is 10.8 Å². The minimum Gasteiger partial charge on any atom is -0.367 e. The highest BCUT2D eigenvalue weighted by Crippen LogP contribution is 2.17. The largest absolute Gasteiger partial charge is 0.367 e. The Morgan fingerprint density at radius 1 is 1.00 bits per heavy atom. The number of hydrogen-bond donors (Lipinski definition) is 1. The molecule has 0 amide bonds. The van der Waals surface area contributed by atoms with Crippen LogP contribution in [0.3, 0.4) is 0 Å². The predicted octanol–water partition coefficient (Wildman–Crippen LogP) is 3.59. The summed E-state index contributed by atoms with van der Waals surface area (Å²) in [5.74, 6) is 0.145. The van der Waals surface area contributed by atoms with Crippen molar-refractivity contribution in [2.24, 2.45) is 0 Å². The van der Waals surface area contributed by atoms with E-state index >= 15 is 0 Å². The lowest BCUT2D eigenvalue weighted by Crippen LogP contribution is -2.01. The summed E-state index contributed by atoms with van der Waals surface area (Å²) in [5, 5.41) is 2.38. The van der Waals surface area contributed by atoms with Crippen molar-refractivity contribution in [3.05, 3.63) is 72.1 Å². The van der Waals surface area contributed by atoms with Gasteiger partial charge in [0.25, 0.3) is 0 Å². The molecule has 0 saturated carbocycles. The first-order valence-electron chi connectivity index (χ1n) is 5.96. The van der Waals surface area contributed by atoms with Gasteiger partial charge in [-0.3, -0.25) is 4.79 Å². The van der Waals surface area contributed by atoms with Crippen LogP contribution in [0.2, 0.25) is 0 Å². The summed E-state index contributed by atoms with van der Waals surface area (Å²) < 4.78 is 0. The molecule has 3 rings (SSSR count). The second kappa shape index (κ2) is 4.49. The zero-order valence-corrected chi connectivity index (χ0v) is 9.89. The molecule has 3 aromatic rings. The number of fused-ring (bicyclic) bond motifs is 1. The van der Waals surface area contributed by atoms with Crippen LogP contribution in [0.5, 0.6) is 0 Å². The Kier molecular flexibility index (Phi) is 2.69. The van der Waals surface area contributed by atoms with Crippen LogP contribution < -0.4 is 0 Å². The van der Waals surface area contributed by atoms with Crippen molar-refractivity contribution in [3.63, 3.8) is 0 Å². The van der Waals surface area contributed by atoms with E-state index in [2.05, 4.69) is 29.2 Å². The maximum atomic E-state index is 12.0. The van der Waals surface area contributed by atoms with Crippen molar-refractivity contribution in [1.29, 1.82) is 0 Å². The Labute approximate surface area is 105 Å². The lowest BCUT2D eigenvalue weighted by Gasteiger charge is -2.02. The standard InChI is InChI=1S/C16H13NO/c18-16(15-7-8-17-11-15)10-12-5-6-13-3-1-2-4-14(13)9-12/h1-9,11,17H,10H2. The fourth-order valence-corrected chi connectivity index (χ4v) is 2.13. The molecule has 2 nitrogen and oxygen atoms in total. The molecule has 88 valence electrons. The Hall–Kier alpha value is -2.35. The summed E-state index contributed by atoms with van der Waals surface area (Å²) in [4.78, 5) is 14.9. The molecule has 2 heteroatoms. The highest BCUT2D eigenvalue weighted by atomic mass is 16.1. The van der Waals surface area contributed by atoms with Crippen LogP contribution in [-0.4, -0.2) is 10.8 Å². The smallest absolute Gasteiger partial charge is 0.168 e. The fourth-order valence-electron chi connectivity index (χ4n) is 2.13. The van der Waals surface area contributed by atoms with E-state index in [1.807, 2.05) is 24.3 Å². The van der Waals surface area contributed by atoms with Crippen LogP contribution in [-0.2, 0) is 6.42 Å². The van der Waals surface area contributed by atoms with Crippen molar-refractivity contribution in [3.8, 4) is 0 Å². The number of rotatable bonds is 3. The second-order valence-electron chi connectivity index (χ2n) is 4.38. The van der Waals surface area contributed by atoms with Gasteiger partial charge in [-0.15, -0.1) is 0 Å². The van der Waals surface area contributed by atoms with Gasteiger partial charge in [0, 0.05) is 24.4 Å². The first-order valence-corrected chi connectivity index (χ1v) is 5.96. The van der Waals surface area contributed by atoms with Crippen LogP contribution in [0.4, 0.5) is 0 Å². The molecule has 0 spiro atoms. The molecule has 2 aromatic carbocycles. The molecule has 0 unspecified atom stereocenters. The monoisotopic (exact) mass is 235 g/mol. The molecule has 18 heavy (non-hydrogen) atoms. The third-order valence-electron chi connectivity index (χ3n) is 3.10. The molecule has 0 bridgehead atoms. The average molecular weight is 235 g/mol. The van der Waals surface area contributed by atoms with Gasteiger partial charge in [-0.2, -0.15) is 0 Å². The Balaban J connectivity index is 1.89. The third-order valence-corrected chi connectivity index (χ3v) is 3.10. The van der Waals surface area contributed by atoms with Crippen LogP contribution in [0.15, 0.2) is 60.9 Å². The molecule has 0 atom stereocenters. The van der Waals surface area contributed by atoms with Gasteiger partial charge >= 0.3 is 0 Å². The number of aromatic nitrogens is 1. The van der Waals surface area contributed by atoms with Gasteiger partial charge in [-0.1, -0.05) is 42.5 Å². The SMILES string of the molecule is O=C(Cc1ccc2ccccc2c1)c1cc[nH]c1. The van der Waals surface area contributed by atoms with Crippen LogP contribution in [0, 0.1) is 0 Å². The summed E-state index contributed by atoms with van der Waals surface area (Å²) in [5.41, 5.74) is 1.79. The van der Waals surface area contributed by atoms with Gasteiger partial charge in [0.15, 0.2) is 5.78 Å². The molecule has 0 fully saturated rings. The van der Waals surface area contributed by atoms with Gasteiger partial charge in [0.1, 0.15) is 0 Å². The second-order valence-corrected chi connectivity index (χ2v) is 4.38. The maximum Gasteiger partial charge on any atom is 0.168 e. The Bertz CT molecular complexity index is 683. The van der Waals surface area contributed by atoms with E-state index in [1.54, 1.807) is 12.4 Å². The molecule has 0 aliphatic heterocycles. The van der Waals surface area contributed by atoms with E-state index in [0.717, 1.165) is 11.1 Å². The number of ketones is 1. The van der Waals surface area contributed by atoms with Gasteiger partial charge < -0.3 is 4.98 Å². The number of aromatic amines is 1. The molecule has 1 N–H and O–H groups in total. The Morgan fingerprint density at radius 2 is 1.83 bits per heavy atom. The number of carbonyl (C=O) groups excluding carboxylic acids is 1. The summed E-state index contributed by atoms with van der Waals surface area (Å²) in [6, 6.07) is 16.2. The zero-order valence-electron chi connectivity index (χ0n) is 9.89. The molecule has 0 aliphatic rings. The minimum absolute atomic E-state index is 0.145. The highest BCUT2D eigenvalue weighted by molar-refractivity contribution is 5.97. The fraction of sp³-hybridized carbons (Fsp3) is 0.0625. The normalized spacial score (nSPS) is 10.7. The number of hydrogen-bond acceptors (Lipinski definition) is 1. The first-order chi connectivity index (χ1) is 8.83. The lowest BCUT2D eigenvalue weighted by atomic mass is 10.0. The molecule has 0 saturated heterocycles. The highest BCUT2D eigenvalue weighted by Gasteiger charge is 2.07. The molecule has 1 heterocycles. The summed E-state index contributed by atoms with van der Waals surface area (Å²) in [6.07, 6.45) is 3.96. The number of benzene rings is 2. The van der Waals surface area contributed by atoms with E-state index in [-0.39, 0.29) is 5.78 Å². The number of carbonyl (C=O) groups is 1. The number of nitrogens with one attached hydrogen (secondary N) is 1. The summed E-state index contributed by atoms with van der Waals surface area (Å²) in [7, 11) is 0. The first kappa shape index (κ1) is 10.8. The quantitative estimate of drug-likeness (QED) is 0.691. The van der Waals surface area contributed by atoms with Crippen LogP contribution in [0.1, 0.15) is 15.9 Å². The predicted molar refractivity (Wildman–Crippen MR) is 72.8 cm³/mol. The van der Waals surface area contributed by atoms with E-state index in [9.17, 15) is 4.79 Å². The van der Waals surface area contributed by atoms with Gasteiger partial charge in [0.05, 0.1) is 0 Å². The lowest BCUT2D eigenvalue weighted by molar-refractivity contribution is 0.0993. The van der Waals surface area contributed by atoms with Gasteiger partial charge in [-0.25, -0.2) is 0 Å². The number of Topliss-reactive ketones (excluding diaryl/α,β-unsaturated/α-hetero) is 1. The van der Waals surface area contributed by atoms with E-state index in [0.29, 0.717) is 6.42 Å². The molecular formula is C16H13NO. The van der Waals surface area contributed by atoms with E-state index in [1.165, 1.54) is 10.8 Å². The minimum atomic E-state index is 0.145. The van der Waals surface area contributed by atoms with E-state index in [4.69, 9.17) is 0 Å².